The van der Waals surface area contributed by atoms with Gasteiger partial charge in [-0.25, -0.2) is 9.78 Å². The number of aryl methyl sites for hydroxylation is 2. The van der Waals surface area contributed by atoms with Gasteiger partial charge in [0.05, 0.1) is 17.9 Å². The van der Waals surface area contributed by atoms with Crippen molar-refractivity contribution >= 4 is 11.9 Å². The first-order valence-corrected chi connectivity index (χ1v) is 5.26. The van der Waals surface area contributed by atoms with Gasteiger partial charge in [0, 0.05) is 6.54 Å². The smallest absolute Gasteiger partial charge is 0.398 e. The average molecular weight is 238 g/mol. The fraction of sp³-hybridized carbons (Fsp3) is 0.500. The number of ether oxygens (including phenoxy) is 1. The Hall–Kier alpha value is -1.89. The van der Waals surface area contributed by atoms with E-state index >= 15 is 0 Å². The van der Waals surface area contributed by atoms with E-state index in [4.69, 9.17) is 10.5 Å². The Balaban J connectivity index is 2.28. The third kappa shape index (κ3) is 2.01. The van der Waals surface area contributed by atoms with Gasteiger partial charge in [-0.1, -0.05) is 0 Å². The Morgan fingerprint density at radius 2 is 2.24 bits per heavy atom. The number of carbonyl (C=O) groups excluding carboxylic acids is 2. The lowest BCUT2D eigenvalue weighted by Gasteiger charge is -2.27. The molecule has 1 aliphatic rings. The van der Waals surface area contributed by atoms with Crippen LogP contribution in [0.15, 0.2) is 0 Å². The zero-order valence-corrected chi connectivity index (χ0v) is 9.69. The van der Waals surface area contributed by atoms with Gasteiger partial charge in [0.1, 0.15) is 5.82 Å². The van der Waals surface area contributed by atoms with E-state index in [-0.39, 0.29) is 0 Å². The van der Waals surface area contributed by atoms with Crippen LogP contribution in [0.4, 0.5) is 0 Å². The highest BCUT2D eigenvalue weighted by atomic mass is 16.6. The quantitative estimate of drug-likeness (QED) is 0.489. The largest absolute Gasteiger partial charge is 0.433 e. The lowest BCUT2D eigenvalue weighted by Crippen LogP contribution is -2.38. The molecule has 0 radical (unpaired) electrons. The molecular formula is C10H14N4O3. The Kier molecular flexibility index (Phi) is 2.84. The van der Waals surface area contributed by atoms with Crippen molar-refractivity contribution < 1.29 is 14.3 Å². The summed E-state index contributed by atoms with van der Waals surface area (Å²) < 4.78 is 6.83. The maximum atomic E-state index is 11.2. The molecule has 0 fully saturated rings. The van der Waals surface area contributed by atoms with Crippen molar-refractivity contribution in [3.63, 3.8) is 0 Å². The summed E-state index contributed by atoms with van der Waals surface area (Å²) in [5.74, 6) is -1.37. The van der Waals surface area contributed by atoms with E-state index in [1.165, 1.54) is 0 Å². The SMILES string of the molecule is Cc1nc(C)n2c1CNCC2OC(=O)C(N)=O. The highest BCUT2D eigenvalue weighted by molar-refractivity contribution is 6.31. The molecular weight excluding hydrogens is 224 g/mol. The van der Waals surface area contributed by atoms with Crippen LogP contribution in [0.2, 0.25) is 0 Å². The molecule has 17 heavy (non-hydrogen) atoms. The number of hydrogen-bond donors (Lipinski definition) is 2. The number of carbonyl (C=O) groups is 2. The van der Waals surface area contributed by atoms with Crippen LogP contribution in [-0.4, -0.2) is 28.0 Å². The highest BCUT2D eigenvalue weighted by Crippen LogP contribution is 2.21. The number of nitrogens with one attached hydrogen (secondary N) is 1. The molecule has 92 valence electrons. The van der Waals surface area contributed by atoms with Gasteiger partial charge in [0.15, 0.2) is 6.23 Å². The monoisotopic (exact) mass is 238 g/mol. The summed E-state index contributed by atoms with van der Waals surface area (Å²) in [4.78, 5) is 26.2. The summed E-state index contributed by atoms with van der Waals surface area (Å²) >= 11 is 0. The van der Waals surface area contributed by atoms with Crippen LogP contribution in [0.25, 0.3) is 0 Å². The van der Waals surface area contributed by atoms with Crippen molar-refractivity contribution in [2.75, 3.05) is 6.54 Å². The van der Waals surface area contributed by atoms with E-state index in [9.17, 15) is 9.59 Å². The van der Waals surface area contributed by atoms with E-state index in [1.807, 2.05) is 18.4 Å². The number of esters is 1. The maximum absolute atomic E-state index is 11.2. The number of nitrogens with two attached hydrogens (primary N) is 1. The van der Waals surface area contributed by atoms with Crippen molar-refractivity contribution in [1.82, 2.24) is 14.9 Å². The fourth-order valence-electron chi connectivity index (χ4n) is 2.01. The van der Waals surface area contributed by atoms with Gasteiger partial charge < -0.3 is 15.8 Å². The molecule has 7 heteroatoms. The van der Waals surface area contributed by atoms with Crippen molar-refractivity contribution in [3.05, 3.63) is 17.2 Å². The van der Waals surface area contributed by atoms with E-state index in [0.29, 0.717) is 13.1 Å². The van der Waals surface area contributed by atoms with Gasteiger partial charge in [-0.3, -0.25) is 9.36 Å². The minimum absolute atomic E-state index is 0.433. The molecule has 0 bridgehead atoms. The number of amides is 1. The zero-order valence-electron chi connectivity index (χ0n) is 9.69. The van der Waals surface area contributed by atoms with Crippen LogP contribution < -0.4 is 11.1 Å². The number of primary amides is 1. The number of rotatable bonds is 1. The lowest BCUT2D eigenvalue weighted by atomic mass is 10.3. The van der Waals surface area contributed by atoms with Crippen molar-refractivity contribution in [2.45, 2.75) is 26.6 Å². The summed E-state index contributed by atoms with van der Waals surface area (Å²) in [6.07, 6.45) is -0.569. The molecule has 1 aromatic rings. The molecule has 0 saturated carbocycles. The maximum Gasteiger partial charge on any atom is 0.398 e. The minimum atomic E-state index is -1.09. The number of fused-ring (bicyclic) bond motifs is 1. The van der Waals surface area contributed by atoms with Crippen molar-refractivity contribution in [1.29, 1.82) is 0 Å². The summed E-state index contributed by atoms with van der Waals surface area (Å²) in [6.45, 7) is 4.81. The molecule has 2 heterocycles. The first-order chi connectivity index (χ1) is 8.00. The van der Waals surface area contributed by atoms with Gasteiger partial charge in [-0.15, -0.1) is 0 Å². The predicted molar refractivity (Wildman–Crippen MR) is 57.7 cm³/mol. The fourth-order valence-corrected chi connectivity index (χ4v) is 2.01. The highest BCUT2D eigenvalue weighted by Gasteiger charge is 2.27. The number of hydrogen-bond acceptors (Lipinski definition) is 5. The second-order valence-corrected chi connectivity index (χ2v) is 3.92. The molecule has 1 aliphatic heterocycles. The Bertz CT molecular complexity index is 480. The van der Waals surface area contributed by atoms with Crippen LogP contribution in [-0.2, 0) is 20.9 Å². The third-order valence-electron chi connectivity index (χ3n) is 2.73. The molecule has 3 N–H and O–H groups in total. The third-order valence-corrected chi connectivity index (χ3v) is 2.73. The molecule has 2 rings (SSSR count). The molecule has 7 nitrogen and oxygen atoms in total. The first-order valence-electron chi connectivity index (χ1n) is 5.26. The number of aromatic nitrogens is 2. The molecule has 1 unspecified atom stereocenters. The first kappa shape index (κ1) is 11.6. The molecule has 1 atom stereocenters. The van der Waals surface area contributed by atoms with E-state index in [0.717, 1.165) is 17.2 Å². The van der Waals surface area contributed by atoms with E-state index in [1.54, 1.807) is 0 Å². The van der Waals surface area contributed by atoms with Gasteiger partial charge in [0.2, 0.25) is 0 Å². The van der Waals surface area contributed by atoms with Crippen LogP contribution in [0.3, 0.4) is 0 Å². The van der Waals surface area contributed by atoms with Crippen LogP contribution >= 0.6 is 0 Å². The summed E-state index contributed by atoms with van der Waals surface area (Å²) in [6, 6.07) is 0. The standard InChI is InChI=1S/C10H14N4O3/c1-5-7-3-12-4-8(14(7)6(2)13-5)17-10(16)9(11)15/h8,12H,3-4H2,1-2H3,(H2,11,15). The van der Waals surface area contributed by atoms with Crippen molar-refractivity contribution in [3.8, 4) is 0 Å². The van der Waals surface area contributed by atoms with Crippen LogP contribution in [0.5, 0.6) is 0 Å². The van der Waals surface area contributed by atoms with Gasteiger partial charge in [-0.05, 0) is 13.8 Å². The van der Waals surface area contributed by atoms with Crippen molar-refractivity contribution in [2.24, 2.45) is 5.73 Å². The van der Waals surface area contributed by atoms with Gasteiger partial charge >= 0.3 is 11.9 Å². The molecule has 0 aliphatic carbocycles. The van der Waals surface area contributed by atoms with Crippen LogP contribution in [0.1, 0.15) is 23.4 Å². The summed E-state index contributed by atoms with van der Waals surface area (Å²) in [7, 11) is 0. The molecule has 0 aromatic carbocycles. The minimum Gasteiger partial charge on any atom is -0.433 e. The van der Waals surface area contributed by atoms with Gasteiger partial charge in [-0.2, -0.15) is 0 Å². The molecule has 1 aromatic heterocycles. The Morgan fingerprint density at radius 3 is 2.88 bits per heavy atom. The second kappa shape index (κ2) is 4.17. The zero-order chi connectivity index (χ0) is 12.6. The predicted octanol–water partition coefficient (Wildman–Crippen LogP) is -0.870. The molecule has 1 amide bonds. The normalized spacial score (nSPS) is 18.6. The van der Waals surface area contributed by atoms with E-state index in [2.05, 4.69) is 10.3 Å². The average Bonchev–Trinajstić information content (AvgIpc) is 2.55. The van der Waals surface area contributed by atoms with Crippen LogP contribution in [0, 0.1) is 13.8 Å². The Morgan fingerprint density at radius 1 is 1.53 bits per heavy atom. The van der Waals surface area contributed by atoms with E-state index < -0.39 is 18.1 Å². The summed E-state index contributed by atoms with van der Waals surface area (Å²) in [5.41, 5.74) is 6.70. The molecule has 0 saturated heterocycles. The number of imidazole rings is 1. The molecule has 0 spiro atoms. The summed E-state index contributed by atoms with van der Waals surface area (Å²) in [5, 5.41) is 3.10. The Labute approximate surface area is 97.9 Å². The second-order valence-electron chi connectivity index (χ2n) is 3.92. The topological polar surface area (TPSA) is 99.2 Å². The number of nitrogens with zero attached hydrogens (tertiary/aromatic N) is 2. The lowest BCUT2D eigenvalue weighted by molar-refractivity contribution is -0.161. The van der Waals surface area contributed by atoms with Gasteiger partial charge in [0.25, 0.3) is 0 Å².